The van der Waals surface area contributed by atoms with Gasteiger partial charge < -0.3 is 25.4 Å². The number of carbonyl (C=O) groups is 4. The van der Waals surface area contributed by atoms with Gasteiger partial charge in [-0.2, -0.15) is 5.10 Å². The van der Waals surface area contributed by atoms with Crippen molar-refractivity contribution in [3.8, 4) is 26.6 Å². The lowest BCUT2D eigenvalue weighted by Crippen LogP contribution is -2.58. The van der Waals surface area contributed by atoms with Crippen LogP contribution in [0.3, 0.4) is 0 Å². The molecular weight excluding hydrogens is 925 g/mol. The van der Waals surface area contributed by atoms with Crippen LogP contribution >= 0.6 is 22.7 Å². The van der Waals surface area contributed by atoms with Crippen LogP contribution in [0.25, 0.3) is 37.5 Å². The number of aryl methyl sites for hydroxylation is 3. The third-order valence-corrected chi connectivity index (χ3v) is 15.4. The summed E-state index contributed by atoms with van der Waals surface area (Å²) >= 11 is 3.21. The molecule has 0 radical (unpaired) electrons. The van der Waals surface area contributed by atoms with Gasteiger partial charge in [0.05, 0.1) is 47.5 Å². The van der Waals surface area contributed by atoms with Crippen LogP contribution in [0, 0.1) is 33.1 Å². The van der Waals surface area contributed by atoms with Gasteiger partial charge in [-0.1, -0.05) is 87.5 Å². The summed E-state index contributed by atoms with van der Waals surface area (Å²) in [6, 6.07) is 19.0. The first-order valence-electron chi connectivity index (χ1n) is 23.2. The number of esters is 1. The Morgan fingerprint density at radius 1 is 0.929 bits per heavy atom. The highest BCUT2D eigenvalue weighted by Gasteiger charge is 2.45. The molecule has 1 fully saturated rings. The quantitative estimate of drug-likeness (QED) is 0.103. The zero-order chi connectivity index (χ0) is 49.8. The average Bonchev–Trinajstić information content (AvgIpc) is 4.17. The van der Waals surface area contributed by atoms with E-state index in [0.29, 0.717) is 17.2 Å². The van der Waals surface area contributed by atoms with Crippen LogP contribution in [0.4, 0.5) is 0 Å². The Morgan fingerprint density at radius 3 is 2.33 bits per heavy atom. The third-order valence-electron chi connectivity index (χ3n) is 13.2. The maximum atomic E-state index is 14.4. The molecule has 7 aromatic rings. The Balaban J connectivity index is 0.909. The van der Waals surface area contributed by atoms with Gasteiger partial charge in [-0.3, -0.25) is 33.4 Å². The highest BCUT2D eigenvalue weighted by atomic mass is 32.1. The predicted octanol–water partition coefficient (Wildman–Crippen LogP) is 7.53. The predicted molar refractivity (Wildman–Crippen MR) is 270 cm³/mol. The van der Waals surface area contributed by atoms with Crippen molar-refractivity contribution in [1.82, 2.24) is 45.1 Å². The van der Waals surface area contributed by atoms with Gasteiger partial charge in [0.25, 0.3) is 0 Å². The number of nitrogens with zero attached hydrogens (tertiary/aromatic N) is 8. The van der Waals surface area contributed by atoms with E-state index in [1.54, 1.807) is 33.6 Å². The molecule has 0 saturated carbocycles. The molecular formula is C52H56N10O6S2. The molecule has 3 aromatic carbocycles. The molecule has 18 heteroatoms. The van der Waals surface area contributed by atoms with E-state index in [1.165, 1.54) is 12.0 Å². The van der Waals surface area contributed by atoms with E-state index in [1.807, 2.05) is 118 Å². The maximum Gasteiger partial charge on any atom is 0.308 e. The van der Waals surface area contributed by atoms with Crippen molar-refractivity contribution >= 4 is 63.0 Å². The second-order valence-corrected chi connectivity index (χ2v) is 21.3. The minimum absolute atomic E-state index is 0.00635. The first kappa shape index (κ1) is 48.1. The van der Waals surface area contributed by atoms with Gasteiger partial charge in [0.2, 0.25) is 17.7 Å². The van der Waals surface area contributed by atoms with Crippen molar-refractivity contribution in [2.24, 2.45) is 10.4 Å². The number of rotatable bonds is 12. The smallest absolute Gasteiger partial charge is 0.308 e. The Kier molecular flexibility index (Phi) is 13.2. The highest BCUT2D eigenvalue weighted by molar-refractivity contribution is 7.15. The molecule has 4 aromatic heterocycles. The molecule has 0 bridgehead atoms. The number of benzene rings is 3. The first-order chi connectivity index (χ1) is 33.4. The second kappa shape index (κ2) is 19.1. The van der Waals surface area contributed by atoms with Gasteiger partial charge in [-0.05, 0) is 62.3 Å². The number of fused-ring (bicyclic) bond motifs is 4. The van der Waals surface area contributed by atoms with E-state index < -0.39 is 47.4 Å². The minimum Gasteiger partial charge on any atom is -0.469 e. The van der Waals surface area contributed by atoms with Crippen LogP contribution in [-0.2, 0) is 30.5 Å². The van der Waals surface area contributed by atoms with Gasteiger partial charge in [0.15, 0.2) is 5.82 Å². The number of thiophene rings is 1. The molecule has 362 valence electrons. The van der Waals surface area contributed by atoms with Gasteiger partial charge in [-0.25, -0.2) is 4.98 Å². The lowest BCUT2D eigenvalue weighted by Gasteiger charge is -2.35. The fraction of sp³-hybridized carbons (Fsp3) is 0.365. The van der Waals surface area contributed by atoms with Crippen molar-refractivity contribution in [2.75, 3.05) is 13.7 Å². The zero-order valence-electron chi connectivity index (χ0n) is 40.6. The molecule has 3 amide bonds. The van der Waals surface area contributed by atoms with Crippen LogP contribution in [0.2, 0.25) is 0 Å². The molecule has 1 saturated heterocycles. The number of thiazole rings is 1. The largest absolute Gasteiger partial charge is 0.469 e. The number of nitrogens with one attached hydrogen (secondary N) is 2. The fourth-order valence-electron chi connectivity index (χ4n) is 9.35. The lowest BCUT2D eigenvalue weighted by molar-refractivity contribution is -0.144. The number of hydrogen-bond acceptors (Lipinski definition) is 13. The van der Waals surface area contributed by atoms with E-state index in [0.717, 1.165) is 70.5 Å². The van der Waals surface area contributed by atoms with Gasteiger partial charge in [-0.15, -0.1) is 32.9 Å². The second-order valence-electron chi connectivity index (χ2n) is 19.2. The minimum atomic E-state index is -1.01. The summed E-state index contributed by atoms with van der Waals surface area (Å²) in [6.45, 7) is 15.3. The normalized spacial score (nSPS) is 17.6. The number of aliphatic hydroxyl groups is 1. The summed E-state index contributed by atoms with van der Waals surface area (Å²) in [6.07, 6.45) is 0.987. The molecule has 9 rings (SSSR count). The number of hydrogen-bond donors (Lipinski definition) is 3. The average molecular weight is 981 g/mol. The van der Waals surface area contributed by atoms with E-state index >= 15 is 0 Å². The number of carbonyl (C=O) groups excluding carboxylic acids is 4. The standard InChI is InChI=1S/C52H56N10O6S2/c1-27-30(4)70-51-43(27)45(55-39(22-42(65)68-9)48-58-57-31(5)62(48)51)34-17-15-33(16-18-34)38-12-10-11-36-23-60(59-44(36)38)25-41(64)56-47(52(6,7)8)50(67)61-24-37(63)21-40(61)49(66)54-28(2)32-13-19-35(20-14-32)46-29(3)53-26-69-46/h10-20,23,26,28,37,39-40,47,63H,21-22,24-25H2,1-9H3,(H,54,66)(H,56,64)/t28-,37+,39-,40-,47+/m0/s1. The first-order valence-corrected chi connectivity index (χ1v) is 24.9. The molecule has 3 N–H and O–H groups in total. The number of amides is 3. The number of β-amino-alcohol motifs (C(OH)–C–C–N with tert-alkyl or cyclic N) is 1. The van der Waals surface area contributed by atoms with Crippen molar-refractivity contribution in [3.05, 3.63) is 123 Å². The molecule has 0 spiro atoms. The summed E-state index contributed by atoms with van der Waals surface area (Å²) in [7, 11) is 1.36. The molecule has 2 aliphatic heterocycles. The highest BCUT2D eigenvalue weighted by Crippen LogP contribution is 2.40. The molecule has 70 heavy (non-hydrogen) atoms. The van der Waals surface area contributed by atoms with E-state index in [2.05, 4.69) is 39.7 Å². The Morgan fingerprint density at radius 2 is 1.64 bits per heavy atom. The van der Waals surface area contributed by atoms with Crippen LogP contribution in [0.1, 0.15) is 97.1 Å². The number of aromatic nitrogens is 6. The van der Waals surface area contributed by atoms with E-state index in [-0.39, 0.29) is 37.9 Å². The monoisotopic (exact) mass is 980 g/mol. The van der Waals surface area contributed by atoms with Crippen molar-refractivity contribution in [1.29, 1.82) is 0 Å². The molecule has 2 aliphatic rings. The summed E-state index contributed by atoms with van der Waals surface area (Å²) in [4.78, 5) is 68.0. The molecule has 0 aliphatic carbocycles. The van der Waals surface area contributed by atoms with Gasteiger partial charge in [0, 0.05) is 46.1 Å². The maximum absolute atomic E-state index is 14.4. The SMILES string of the molecule is COC(=O)C[C@@H]1N=C(c2ccc(-c3cccc4cn(CC(=O)N[C@H](C(=O)N5C[C@H](O)C[C@H]5C(=O)N[C@@H](C)c5ccc(-c6scnc6C)cc5)C(C)(C)C)nc34)cc2)c2c(sc(C)c2C)-n2c(C)nnc21. The summed E-state index contributed by atoms with van der Waals surface area (Å²) in [5.41, 5.74) is 10.1. The van der Waals surface area contributed by atoms with Crippen molar-refractivity contribution < 1.29 is 29.0 Å². The number of aliphatic hydroxyl groups excluding tert-OH is 1. The van der Waals surface area contributed by atoms with E-state index in [9.17, 15) is 24.3 Å². The fourth-order valence-corrected chi connectivity index (χ4v) is 11.4. The number of aliphatic imine (C=N–C) groups is 1. The molecule has 16 nitrogen and oxygen atoms in total. The zero-order valence-corrected chi connectivity index (χ0v) is 42.2. The van der Waals surface area contributed by atoms with Crippen LogP contribution in [0.5, 0.6) is 0 Å². The van der Waals surface area contributed by atoms with Crippen LogP contribution in [-0.4, -0.2) is 101 Å². The number of ether oxygens (including phenoxy) is 1. The van der Waals surface area contributed by atoms with Crippen LogP contribution < -0.4 is 10.6 Å². The van der Waals surface area contributed by atoms with Crippen LogP contribution in [0.15, 0.2) is 83.4 Å². The summed E-state index contributed by atoms with van der Waals surface area (Å²) < 4.78 is 8.62. The van der Waals surface area contributed by atoms with Gasteiger partial charge in [0.1, 0.15) is 41.0 Å². The Bertz CT molecular complexity index is 3180. The number of methoxy groups -OCH3 is 1. The van der Waals surface area contributed by atoms with Crippen molar-refractivity contribution in [3.63, 3.8) is 0 Å². The lowest BCUT2D eigenvalue weighted by atomic mass is 9.85. The summed E-state index contributed by atoms with van der Waals surface area (Å²) in [5, 5.41) is 32.3. The topological polar surface area (TPSA) is 199 Å². The molecule has 0 unspecified atom stereocenters. The number of likely N-dealkylation sites (tertiary alicyclic amines) is 1. The molecule has 5 atom stereocenters. The Hall–Kier alpha value is -6.89. The third kappa shape index (κ3) is 9.30. The summed E-state index contributed by atoms with van der Waals surface area (Å²) in [5.74, 6) is -0.363. The van der Waals surface area contributed by atoms with Gasteiger partial charge >= 0.3 is 5.97 Å². The van der Waals surface area contributed by atoms with Crippen molar-refractivity contribution in [2.45, 2.75) is 105 Å². The van der Waals surface area contributed by atoms with E-state index in [4.69, 9.17) is 14.8 Å². The Labute approximate surface area is 413 Å². The molecule has 6 heterocycles.